The minimum atomic E-state index is -0.251. The number of benzene rings is 3. The summed E-state index contributed by atoms with van der Waals surface area (Å²) in [5.41, 5.74) is 2.74. The molecule has 7 nitrogen and oxygen atoms in total. The zero-order valence-corrected chi connectivity index (χ0v) is 17.4. The molecule has 31 heavy (non-hydrogen) atoms. The number of hydrogen-bond acceptors (Lipinski definition) is 6. The van der Waals surface area contributed by atoms with Crippen LogP contribution in [-0.4, -0.2) is 30.3 Å². The molecule has 0 amide bonds. The predicted octanol–water partition coefficient (Wildman–Crippen LogP) is 4.68. The molecule has 0 fully saturated rings. The summed E-state index contributed by atoms with van der Waals surface area (Å²) in [5.74, 6) is 0.139. The molecule has 0 saturated carbocycles. The number of H-pyrrole nitrogens is 1. The van der Waals surface area contributed by atoms with E-state index in [1.54, 1.807) is 36.4 Å². The first kappa shape index (κ1) is 19.3. The number of nitrogens with one attached hydrogen (secondary N) is 1. The molecule has 0 spiro atoms. The maximum Gasteiger partial charge on any atom is 0.263 e. The molecule has 2 aromatic heterocycles. The van der Waals surface area contributed by atoms with E-state index in [1.807, 2.05) is 36.4 Å². The highest BCUT2D eigenvalue weighted by Gasteiger charge is 2.20. The molecule has 0 radical (unpaired) electrons. The summed E-state index contributed by atoms with van der Waals surface area (Å²) in [7, 11) is 0. The number of aromatic amines is 1. The van der Waals surface area contributed by atoms with Crippen molar-refractivity contribution in [3.63, 3.8) is 0 Å². The Morgan fingerprint density at radius 1 is 1.00 bits per heavy atom. The van der Waals surface area contributed by atoms with Gasteiger partial charge in [0.15, 0.2) is 0 Å². The molecule has 152 valence electrons. The monoisotopic (exact) mass is 447 g/mol. The lowest BCUT2D eigenvalue weighted by molar-refractivity contribution is 0.475. The van der Waals surface area contributed by atoms with Crippen LogP contribution in [0.4, 0.5) is 0 Å². The summed E-state index contributed by atoms with van der Waals surface area (Å²) < 4.78 is 1.51. The molecule has 9 heteroatoms. The number of fused-ring (bicyclic) bond motifs is 1. The summed E-state index contributed by atoms with van der Waals surface area (Å²) >= 11 is 7.44. The Balaban J connectivity index is 1.72. The van der Waals surface area contributed by atoms with E-state index in [9.17, 15) is 9.90 Å². The number of pyridine rings is 1. The largest absolute Gasteiger partial charge is 0.508 e. The van der Waals surface area contributed by atoms with Gasteiger partial charge in [-0.25, -0.2) is 0 Å². The molecule has 0 saturated heterocycles. The topological polar surface area (TPSA) is 96.7 Å². The van der Waals surface area contributed by atoms with Crippen molar-refractivity contribution in [1.29, 1.82) is 0 Å². The molecule has 0 atom stereocenters. The molecular formula is C22H14ClN5O2S. The number of phenols is 1. The van der Waals surface area contributed by atoms with Crippen LogP contribution in [-0.2, 0) is 0 Å². The zero-order valence-electron chi connectivity index (χ0n) is 15.9. The molecule has 0 aliphatic rings. The Hall–Kier alpha value is -3.62. The van der Waals surface area contributed by atoms with Crippen LogP contribution in [0.2, 0.25) is 5.02 Å². The quantitative estimate of drug-likeness (QED) is 0.415. The third-order valence-electron chi connectivity index (χ3n) is 4.72. The van der Waals surface area contributed by atoms with Gasteiger partial charge >= 0.3 is 0 Å². The molecule has 0 unspecified atom stereocenters. The number of rotatable bonds is 4. The highest BCUT2D eigenvalue weighted by Crippen LogP contribution is 2.38. The predicted molar refractivity (Wildman–Crippen MR) is 120 cm³/mol. The minimum Gasteiger partial charge on any atom is -0.508 e. The van der Waals surface area contributed by atoms with Crippen molar-refractivity contribution in [1.82, 2.24) is 25.2 Å². The van der Waals surface area contributed by atoms with Crippen molar-refractivity contribution in [3.05, 3.63) is 88.2 Å². The number of aromatic hydroxyl groups is 1. The van der Waals surface area contributed by atoms with Gasteiger partial charge in [0.25, 0.3) is 5.56 Å². The van der Waals surface area contributed by atoms with Crippen LogP contribution in [0.5, 0.6) is 5.75 Å². The summed E-state index contributed by atoms with van der Waals surface area (Å²) in [5, 5.41) is 23.3. The Morgan fingerprint density at radius 2 is 1.77 bits per heavy atom. The van der Waals surface area contributed by atoms with Gasteiger partial charge in [0.05, 0.1) is 10.6 Å². The van der Waals surface area contributed by atoms with E-state index in [4.69, 9.17) is 11.6 Å². The first-order chi connectivity index (χ1) is 15.1. The molecule has 5 aromatic rings. The smallest absolute Gasteiger partial charge is 0.263 e. The van der Waals surface area contributed by atoms with Crippen molar-refractivity contribution in [3.8, 4) is 22.6 Å². The van der Waals surface area contributed by atoms with Crippen LogP contribution in [0.25, 0.3) is 27.7 Å². The second-order valence-corrected chi connectivity index (χ2v) is 8.12. The van der Waals surface area contributed by atoms with Crippen LogP contribution in [0.1, 0.15) is 0 Å². The van der Waals surface area contributed by atoms with Crippen LogP contribution < -0.4 is 5.56 Å². The second kappa shape index (κ2) is 7.90. The first-order valence-corrected chi connectivity index (χ1v) is 10.5. The molecule has 2 heterocycles. The van der Waals surface area contributed by atoms with Gasteiger partial charge in [0, 0.05) is 21.5 Å². The number of phenolic OH excluding ortho intramolecular Hbond substituents is 1. The summed E-state index contributed by atoms with van der Waals surface area (Å²) in [4.78, 5) is 16.5. The Bertz CT molecular complexity index is 1450. The van der Waals surface area contributed by atoms with Gasteiger partial charge in [-0.2, -0.15) is 4.68 Å². The average molecular weight is 448 g/mol. The number of nitrogens with zero attached hydrogens (tertiary/aromatic N) is 4. The standard InChI is InChI=1S/C22H14ClN5O2S/c23-14-6-11-18-17(12-14)19(13-4-2-1-3-5-13)20(21(30)24-18)31-22-25-26-27-28(22)15-7-9-16(29)10-8-15/h1-12,29H,(H,24,30). The van der Waals surface area contributed by atoms with E-state index in [2.05, 4.69) is 20.5 Å². The Morgan fingerprint density at radius 3 is 2.55 bits per heavy atom. The fraction of sp³-hybridized carbons (Fsp3) is 0. The fourth-order valence-corrected chi connectivity index (χ4v) is 4.46. The summed E-state index contributed by atoms with van der Waals surface area (Å²) in [6, 6.07) is 21.5. The van der Waals surface area contributed by atoms with Gasteiger partial charge in [-0.1, -0.05) is 41.9 Å². The Kier molecular flexibility index (Phi) is 4.93. The maximum atomic E-state index is 13.1. The summed E-state index contributed by atoms with van der Waals surface area (Å²) in [6.45, 7) is 0. The maximum absolute atomic E-state index is 13.1. The normalized spacial score (nSPS) is 11.1. The molecule has 2 N–H and O–H groups in total. The van der Waals surface area contributed by atoms with Crippen molar-refractivity contribution in [2.45, 2.75) is 10.1 Å². The van der Waals surface area contributed by atoms with Crippen molar-refractivity contribution in [2.24, 2.45) is 0 Å². The number of hydrogen-bond donors (Lipinski definition) is 2. The van der Waals surface area contributed by atoms with Gasteiger partial charge in [-0.15, -0.1) is 5.10 Å². The average Bonchev–Trinajstić information content (AvgIpc) is 3.24. The lowest BCUT2D eigenvalue weighted by Gasteiger charge is -2.13. The lowest BCUT2D eigenvalue weighted by atomic mass is 10.0. The van der Waals surface area contributed by atoms with E-state index in [0.29, 0.717) is 26.3 Å². The van der Waals surface area contributed by atoms with Crippen molar-refractivity contribution >= 4 is 34.3 Å². The molecule has 0 aliphatic carbocycles. The van der Waals surface area contributed by atoms with Crippen molar-refractivity contribution in [2.75, 3.05) is 0 Å². The highest BCUT2D eigenvalue weighted by atomic mass is 35.5. The van der Waals surface area contributed by atoms with Crippen LogP contribution >= 0.6 is 23.4 Å². The first-order valence-electron chi connectivity index (χ1n) is 9.27. The van der Waals surface area contributed by atoms with Crippen molar-refractivity contribution < 1.29 is 5.11 Å². The van der Waals surface area contributed by atoms with Crippen LogP contribution in [0.3, 0.4) is 0 Å². The molecule has 0 bridgehead atoms. The molecule has 5 rings (SSSR count). The van der Waals surface area contributed by atoms with E-state index in [0.717, 1.165) is 16.5 Å². The number of tetrazole rings is 1. The molecule has 0 aliphatic heterocycles. The molecular weight excluding hydrogens is 434 g/mol. The number of halogens is 1. The van der Waals surface area contributed by atoms with Crippen LogP contribution in [0, 0.1) is 0 Å². The molecule has 3 aromatic carbocycles. The van der Waals surface area contributed by atoms with E-state index < -0.39 is 0 Å². The number of aromatic nitrogens is 5. The highest BCUT2D eigenvalue weighted by molar-refractivity contribution is 7.99. The van der Waals surface area contributed by atoms with Gasteiger partial charge in [-0.05, 0) is 70.2 Å². The zero-order chi connectivity index (χ0) is 21.4. The van der Waals surface area contributed by atoms with Gasteiger partial charge in [-0.3, -0.25) is 4.79 Å². The van der Waals surface area contributed by atoms with Gasteiger partial charge < -0.3 is 10.1 Å². The van der Waals surface area contributed by atoms with E-state index in [-0.39, 0.29) is 11.3 Å². The summed E-state index contributed by atoms with van der Waals surface area (Å²) in [6.07, 6.45) is 0. The third-order valence-corrected chi connectivity index (χ3v) is 5.99. The van der Waals surface area contributed by atoms with Gasteiger partial charge in [0.2, 0.25) is 5.16 Å². The SMILES string of the molecule is O=c1[nH]c2ccc(Cl)cc2c(-c2ccccc2)c1Sc1nnnn1-c1ccc(O)cc1. The van der Waals surface area contributed by atoms with Crippen LogP contribution in [0.15, 0.2) is 87.6 Å². The van der Waals surface area contributed by atoms with E-state index in [1.165, 1.54) is 16.4 Å². The third kappa shape index (κ3) is 3.67. The second-order valence-electron chi connectivity index (χ2n) is 6.71. The lowest BCUT2D eigenvalue weighted by Crippen LogP contribution is -2.11. The Labute approximate surface area is 185 Å². The van der Waals surface area contributed by atoms with E-state index >= 15 is 0 Å². The van der Waals surface area contributed by atoms with Gasteiger partial charge in [0.1, 0.15) is 5.75 Å². The fourth-order valence-electron chi connectivity index (χ4n) is 3.33. The minimum absolute atomic E-state index is 0.139.